The Morgan fingerprint density at radius 2 is 2.30 bits per heavy atom. The van der Waals surface area contributed by atoms with Gasteiger partial charge in [-0.05, 0) is 6.92 Å². The molecule has 1 heterocycles. The fraction of sp³-hybridized carbons (Fsp3) is 0.286. The first-order valence-corrected chi connectivity index (χ1v) is 2.74. The quantitative estimate of drug-likeness (QED) is 0.408. The number of ether oxygens (including phenoxy) is 2. The molecule has 0 amide bonds. The van der Waals surface area contributed by atoms with Crippen LogP contribution in [0.25, 0.3) is 0 Å². The van der Waals surface area contributed by atoms with Crippen LogP contribution in [0.4, 0.5) is 0 Å². The van der Waals surface area contributed by atoms with E-state index in [-0.39, 0.29) is 0 Å². The van der Waals surface area contributed by atoms with Gasteiger partial charge in [0.1, 0.15) is 12.0 Å². The number of carbonyl (C=O) groups excluding carboxylic acids is 1. The maximum Gasteiger partial charge on any atom is 0.329 e. The maximum absolute atomic E-state index is 9.84. The van der Waals surface area contributed by atoms with E-state index in [1.54, 1.807) is 6.26 Å². The second-order valence-electron chi connectivity index (χ2n) is 1.57. The normalized spacial score (nSPS) is 11.2. The number of rotatable bonds is 1. The zero-order valence-corrected chi connectivity index (χ0v) is 6.09. The zero-order valence-electron chi connectivity index (χ0n) is 6.09. The van der Waals surface area contributed by atoms with Crippen LogP contribution in [0.2, 0.25) is 0 Å². The van der Waals surface area contributed by atoms with E-state index in [9.17, 15) is 4.79 Å². The highest BCUT2D eigenvalue weighted by molar-refractivity contribution is 5.80. The first kappa shape index (κ1) is 8.75. The summed E-state index contributed by atoms with van der Waals surface area (Å²) in [5.74, 6) is 0.648. The van der Waals surface area contributed by atoms with Crippen LogP contribution in [0.5, 0.6) is 0 Å². The van der Waals surface area contributed by atoms with Gasteiger partial charge in [-0.2, -0.15) is 0 Å². The van der Waals surface area contributed by atoms with E-state index in [1.807, 2.05) is 6.92 Å². The van der Waals surface area contributed by atoms with Gasteiger partial charge in [0.2, 0.25) is 0 Å². The maximum atomic E-state index is 9.84. The molecule has 0 spiro atoms. The predicted octanol–water partition coefficient (Wildman–Crippen LogP) is 1.22. The average molecular weight is 142 g/mol. The Labute approximate surface area is 59.9 Å². The van der Waals surface area contributed by atoms with Crippen LogP contribution in [0, 0.1) is 0 Å². The van der Waals surface area contributed by atoms with Gasteiger partial charge in [-0.25, -0.2) is 4.79 Å². The molecule has 1 rings (SSSR count). The molecule has 10 heavy (non-hydrogen) atoms. The summed E-state index contributed by atoms with van der Waals surface area (Å²) in [5.41, 5.74) is 0. The van der Waals surface area contributed by atoms with Crippen molar-refractivity contribution in [2.24, 2.45) is 0 Å². The number of hydrogen-bond donors (Lipinski definition) is 0. The van der Waals surface area contributed by atoms with Crippen LogP contribution in [-0.4, -0.2) is 13.1 Å². The molecule has 0 saturated carbocycles. The molecule has 1 aliphatic heterocycles. The Balaban J connectivity index is 0.000000172. The SMILES string of the molecule is C=CC(=O)OC.CC1=CO1. The number of hydrogen-bond acceptors (Lipinski definition) is 3. The molecule has 56 valence electrons. The molecule has 0 N–H and O–H groups in total. The Hall–Kier alpha value is -1.25. The number of esters is 1. The number of carbonyl (C=O) groups is 1. The molecular formula is C7H10O3. The Morgan fingerprint density at radius 1 is 1.90 bits per heavy atom. The lowest BCUT2D eigenvalue weighted by Gasteiger charge is -1.83. The topological polar surface area (TPSA) is 38.8 Å². The summed E-state index contributed by atoms with van der Waals surface area (Å²) in [6.07, 6.45) is 2.82. The lowest BCUT2D eigenvalue weighted by molar-refractivity contribution is -0.134. The van der Waals surface area contributed by atoms with E-state index >= 15 is 0 Å². The van der Waals surface area contributed by atoms with Crippen LogP contribution in [0.15, 0.2) is 24.7 Å². The molecule has 3 heteroatoms. The highest BCUT2D eigenvalue weighted by atomic mass is 16.5. The first-order valence-electron chi connectivity index (χ1n) is 2.74. The summed E-state index contributed by atoms with van der Waals surface area (Å²) in [6.45, 7) is 5.07. The van der Waals surface area contributed by atoms with E-state index in [0.29, 0.717) is 0 Å². The van der Waals surface area contributed by atoms with E-state index in [0.717, 1.165) is 11.8 Å². The van der Waals surface area contributed by atoms with Crippen LogP contribution in [0.1, 0.15) is 6.92 Å². The van der Waals surface area contributed by atoms with Crippen molar-refractivity contribution >= 4 is 5.97 Å². The van der Waals surface area contributed by atoms with Crippen LogP contribution in [-0.2, 0) is 14.3 Å². The van der Waals surface area contributed by atoms with Crippen LogP contribution >= 0.6 is 0 Å². The largest absolute Gasteiger partial charge is 0.466 e. The molecular weight excluding hydrogens is 132 g/mol. The van der Waals surface area contributed by atoms with Gasteiger partial charge >= 0.3 is 5.97 Å². The van der Waals surface area contributed by atoms with Crippen molar-refractivity contribution in [2.75, 3.05) is 7.11 Å². The summed E-state index contributed by atoms with van der Waals surface area (Å²) >= 11 is 0. The lowest BCUT2D eigenvalue weighted by Crippen LogP contribution is -1.91. The molecule has 0 bridgehead atoms. The summed E-state index contributed by atoms with van der Waals surface area (Å²) < 4.78 is 8.64. The van der Waals surface area contributed by atoms with E-state index in [2.05, 4.69) is 16.1 Å². The predicted molar refractivity (Wildman–Crippen MR) is 37.1 cm³/mol. The molecule has 0 saturated heterocycles. The van der Waals surface area contributed by atoms with Gasteiger partial charge < -0.3 is 9.47 Å². The molecule has 0 aromatic rings. The summed E-state index contributed by atoms with van der Waals surface area (Å²) in [5, 5.41) is 0. The van der Waals surface area contributed by atoms with Gasteiger partial charge in [0.15, 0.2) is 0 Å². The second-order valence-corrected chi connectivity index (χ2v) is 1.57. The standard InChI is InChI=1S/C4H6O2.C3H4O/c1-3-4(5)6-2;1-3-2-4-3/h3H,1H2,2H3;2H,1H3. The average Bonchev–Trinajstić information content (AvgIpc) is 2.71. The second kappa shape index (κ2) is 4.61. The summed E-state index contributed by atoms with van der Waals surface area (Å²) in [4.78, 5) is 9.84. The molecule has 0 atom stereocenters. The van der Waals surface area contributed by atoms with Gasteiger partial charge in [-0.15, -0.1) is 0 Å². The fourth-order valence-electron chi connectivity index (χ4n) is 0.142. The summed E-state index contributed by atoms with van der Waals surface area (Å²) in [6, 6.07) is 0. The first-order chi connectivity index (χ1) is 4.70. The van der Waals surface area contributed by atoms with E-state index in [4.69, 9.17) is 0 Å². The van der Waals surface area contributed by atoms with E-state index < -0.39 is 5.97 Å². The smallest absolute Gasteiger partial charge is 0.329 e. The number of allylic oxidation sites excluding steroid dienone is 1. The Kier molecular flexibility index (Phi) is 4.04. The van der Waals surface area contributed by atoms with Gasteiger partial charge in [0.05, 0.1) is 7.11 Å². The highest BCUT2D eigenvalue weighted by Gasteiger charge is 1.95. The van der Waals surface area contributed by atoms with Crippen molar-refractivity contribution in [3.05, 3.63) is 24.7 Å². The van der Waals surface area contributed by atoms with Crippen molar-refractivity contribution in [1.82, 2.24) is 0 Å². The van der Waals surface area contributed by atoms with Crippen molar-refractivity contribution < 1.29 is 14.3 Å². The minimum Gasteiger partial charge on any atom is -0.466 e. The summed E-state index contributed by atoms with van der Waals surface area (Å²) in [7, 11) is 1.31. The molecule has 1 aliphatic rings. The zero-order chi connectivity index (χ0) is 7.98. The molecule has 3 nitrogen and oxygen atoms in total. The molecule has 0 aromatic heterocycles. The minimum absolute atomic E-state index is 0.394. The van der Waals surface area contributed by atoms with Gasteiger partial charge in [-0.3, -0.25) is 0 Å². The lowest BCUT2D eigenvalue weighted by atomic mass is 10.7. The van der Waals surface area contributed by atoms with Crippen molar-refractivity contribution in [3.8, 4) is 0 Å². The third kappa shape index (κ3) is 6.75. The van der Waals surface area contributed by atoms with Crippen LogP contribution in [0.3, 0.4) is 0 Å². The fourth-order valence-corrected chi connectivity index (χ4v) is 0.142. The van der Waals surface area contributed by atoms with Gasteiger partial charge in [0, 0.05) is 6.08 Å². The molecule has 0 aromatic carbocycles. The molecule has 0 unspecified atom stereocenters. The Morgan fingerprint density at radius 3 is 2.30 bits per heavy atom. The van der Waals surface area contributed by atoms with Crippen molar-refractivity contribution in [1.29, 1.82) is 0 Å². The monoisotopic (exact) mass is 142 g/mol. The van der Waals surface area contributed by atoms with E-state index in [1.165, 1.54) is 7.11 Å². The molecule has 0 fully saturated rings. The minimum atomic E-state index is -0.394. The highest BCUT2D eigenvalue weighted by Crippen LogP contribution is 2.08. The Bertz CT molecular complexity index is 158. The van der Waals surface area contributed by atoms with Crippen molar-refractivity contribution in [3.63, 3.8) is 0 Å². The third-order valence-corrected chi connectivity index (χ3v) is 0.721. The number of methoxy groups -OCH3 is 1. The van der Waals surface area contributed by atoms with Crippen LogP contribution < -0.4 is 0 Å². The third-order valence-electron chi connectivity index (χ3n) is 0.721. The molecule has 0 radical (unpaired) electrons. The molecule has 0 aliphatic carbocycles. The van der Waals surface area contributed by atoms with Gasteiger partial charge in [-0.1, -0.05) is 6.58 Å². The van der Waals surface area contributed by atoms with Crippen molar-refractivity contribution in [2.45, 2.75) is 6.92 Å². The van der Waals surface area contributed by atoms with Gasteiger partial charge in [0.25, 0.3) is 0 Å².